The van der Waals surface area contributed by atoms with E-state index in [9.17, 15) is 14.4 Å². The van der Waals surface area contributed by atoms with Crippen molar-refractivity contribution in [3.8, 4) is 0 Å². The summed E-state index contributed by atoms with van der Waals surface area (Å²) < 4.78 is 2.19. The first-order valence-electron chi connectivity index (χ1n) is 7.32. The van der Waals surface area contributed by atoms with E-state index in [2.05, 4.69) is 33.0 Å². The van der Waals surface area contributed by atoms with Crippen molar-refractivity contribution >= 4 is 45.0 Å². The van der Waals surface area contributed by atoms with Crippen molar-refractivity contribution in [3.63, 3.8) is 0 Å². The van der Waals surface area contributed by atoms with Gasteiger partial charge in [0.1, 0.15) is 0 Å². The third-order valence-corrected chi connectivity index (χ3v) is 4.23. The molecular formula is C17H14IN3O3. The molecule has 0 fully saturated rings. The van der Waals surface area contributed by atoms with Crippen molar-refractivity contribution < 1.29 is 4.79 Å². The van der Waals surface area contributed by atoms with Gasteiger partial charge in [-0.25, -0.2) is 4.68 Å². The number of aryl methyl sites for hydroxylation is 1. The molecule has 122 valence electrons. The Balaban J connectivity index is 1.76. The Morgan fingerprint density at radius 3 is 2.58 bits per heavy atom. The number of aromatic amines is 1. The summed E-state index contributed by atoms with van der Waals surface area (Å²) in [6.45, 7) is 0.106. The van der Waals surface area contributed by atoms with Gasteiger partial charge in [-0.15, -0.1) is 0 Å². The Morgan fingerprint density at radius 1 is 1.08 bits per heavy atom. The molecule has 0 aliphatic rings. The number of aromatic nitrogens is 2. The highest BCUT2D eigenvalue weighted by molar-refractivity contribution is 14.1. The van der Waals surface area contributed by atoms with Gasteiger partial charge >= 0.3 is 0 Å². The second-order valence-electron chi connectivity index (χ2n) is 5.25. The summed E-state index contributed by atoms with van der Waals surface area (Å²) in [6.07, 6.45) is 0.0830. The molecular weight excluding hydrogens is 421 g/mol. The lowest BCUT2D eigenvalue weighted by atomic mass is 10.2. The number of carbonyl (C=O) groups excluding carboxylic acids is 1. The van der Waals surface area contributed by atoms with Crippen LogP contribution < -0.4 is 16.4 Å². The zero-order chi connectivity index (χ0) is 17.1. The van der Waals surface area contributed by atoms with Gasteiger partial charge in [0, 0.05) is 15.7 Å². The highest BCUT2D eigenvalue weighted by Gasteiger charge is 2.09. The van der Waals surface area contributed by atoms with E-state index in [1.165, 1.54) is 4.68 Å². The SMILES string of the molecule is O=C(CCn1[nH]c(=O)c2ccccc2c1=O)Nc1cccc(I)c1. The minimum absolute atomic E-state index is 0.0830. The molecule has 6 nitrogen and oxygen atoms in total. The lowest BCUT2D eigenvalue weighted by Crippen LogP contribution is -2.31. The molecule has 0 radical (unpaired) electrons. The molecule has 3 aromatic rings. The standard InChI is InChI=1S/C17H14IN3O3/c18-11-4-3-5-12(10-11)19-15(22)8-9-21-17(24)14-7-2-1-6-13(14)16(23)20-21/h1-7,10H,8-9H2,(H,19,22)(H,20,23). The molecule has 2 aromatic carbocycles. The number of rotatable bonds is 4. The molecule has 1 amide bonds. The van der Waals surface area contributed by atoms with Crippen LogP contribution in [0.5, 0.6) is 0 Å². The highest BCUT2D eigenvalue weighted by atomic mass is 127. The van der Waals surface area contributed by atoms with Crippen LogP contribution in [0.15, 0.2) is 58.1 Å². The fraction of sp³-hybridized carbons (Fsp3) is 0.118. The molecule has 0 saturated heterocycles. The molecule has 1 heterocycles. The zero-order valence-corrected chi connectivity index (χ0v) is 14.7. The fourth-order valence-corrected chi connectivity index (χ4v) is 2.95. The molecule has 0 unspecified atom stereocenters. The molecule has 1 aromatic heterocycles. The second-order valence-corrected chi connectivity index (χ2v) is 6.50. The van der Waals surface area contributed by atoms with Crippen molar-refractivity contribution in [2.24, 2.45) is 0 Å². The van der Waals surface area contributed by atoms with Gasteiger partial charge in [-0.1, -0.05) is 18.2 Å². The van der Waals surface area contributed by atoms with Gasteiger partial charge in [0.25, 0.3) is 11.1 Å². The Bertz CT molecular complexity index is 1020. The van der Waals surface area contributed by atoms with Crippen LogP contribution in [-0.2, 0) is 11.3 Å². The van der Waals surface area contributed by atoms with Crippen LogP contribution in [0.1, 0.15) is 6.42 Å². The molecule has 2 N–H and O–H groups in total. The average Bonchev–Trinajstić information content (AvgIpc) is 2.57. The summed E-state index contributed by atoms with van der Waals surface area (Å²) in [7, 11) is 0. The summed E-state index contributed by atoms with van der Waals surface area (Å²) in [5, 5.41) is 5.98. The van der Waals surface area contributed by atoms with Crippen LogP contribution in [0.3, 0.4) is 0 Å². The maximum absolute atomic E-state index is 12.4. The Morgan fingerprint density at radius 2 is 1.83 bits per heavy atom. The van der Waals surface area contributed by atoms with Gasteiger partial charge in [0.05, 0.1) is 17.3 Å². The molecule has 0 saturated carbocycles. The third-order valence-electron chi connectivity index (χ3n) is 3.55. The molecule has 0 aliphatic heterocycles. The number of fused-ring (bicyclic) bond motifs is 1. The molecule has 24 heavy (non-hydrogen) atoms. The topological polar surface area (TPSA) is 84.0 Å². The van der Waals surface area contributed by atoms with Crippen LogP contribution in [-0.4, -0.2) is 15.7 Å². The van der Waals surface area contributed by atoms with Crippen LogP contribution in [0.2, 0.25) is 0 Å². The number of carbonyl (C=O) groups is 1. The molecule has 0 bridgehead atoms. The number of H-pyrrole nitrogens is 1. The summed E-state index contributed by atoms with van der Waals surface area (Å²) >= 11 is 2.16. The van der Waals surface area contributed by atoms with Crippen LogP contribution in [0, 0.1) is 3.57 Å². The van der Waals surface area contributed by atoms with E-state index in [0.717, 1.165) is 3.57 Å². The summed E-state index contributed by atoms with van der Waals surface area (Å²) in [5.74, 6) is -0.224. The van der Waals surface area contributed by atoms with Gasteiger partial charge in [-0.3, -0.25) is 19.5 Å². The smallest absolute Gasteiger partial charge is 0.273 e. The van der Waals surface area contributed by atoms with Crippen molar-refractivity contribution in [1.82, 2.24) is 9.78 Å². The summed E-state index contributed by atoms with van der Waals surface area (Å²) in [6, 6.07) is 14.0. The first-order chi connectivity index (χ1) is 11.5. The molecule has 0 spiro atoms. The number of nitrogens with one attached hydrogen (secondary N) is 2. The van der Waals surface area contributed by atoms with E-state index in [1.54, 1.807) is 30.3 Å². The average molecular weight is 435 g/mol. The number of nitrogens with zero attached hydrogens (tertiary/aromatic N) is 1. The summed E-state index contributed by atoms with van der Waals surface area (Å²) in [4.78, 5) is 36.4. The van der Waals surface area contributed by atoms with Gasteiger partial charge in [-0.05, 0) is 52.9 Å². The zero-order valence-electron chi connectivity index (χ0n) is 12.6. The van der Waals surface area contributed by atoms with Gasteiger partial charge in [0.2, 0.25) is 5.91 Å². The highest BCUT2D eigenvalue weighted by Crippen LogP contribution is 2.12. The van der Waals surface area contributed by atoms with E-state index in [4.69, 9.17) is 0 Å². The lowest BCUT2D eigenvalue weighted by molar-refractivity contribution is -0.116. The fourth-order valence-electron chi connectivity index (χ4n) is 2.41. The number of amides is 1. The Kier molecular flexibility index (Phi) is 4.79. The van der Waals surface area contributed by atoms with Crippen molar-refractivity contribution in [3.05, 3.63) is 72.8 Å². The number of hydrogen-bond acceptors (Lipinski definition) is 3. The van der Waals surface area contributed by atoms with E-state index in [-0.39, 0.29) is 30.0 Å². The predicted octanol–water partition coefficient (Wildman–Crippen LogP) is 2.32. The van der Waals surface area contributed by atoms with E-state index < -0.39 is 0 Å². The molecule has 0 aliphatic carbocycles. The maximum Gasteiger partial charge on any atom is 0.273 e. The van der Waals surface area contributed by atoms with E-state index in [0.29, 0.717) is 16.5 Å². The van der Waals surface area contributed by atoms with E-state index >= 15 is 0 Å². The number of benzene rings is 2. The van der Waals surface area contributed by atoms with Crippen LogP contribution >= 0.6 is 22.6 Å². The van der Waals surface area contributed by atoms with Gasteiger partial charge in [-0.2, -0.15) is 0 Å². The molecule has 0 atom stereocenters. The summed E-state index contributed by atoms with van der Waals surface area (Å²) in [5.41, 5.74) is 0.0433. The monoisotopic (exact) mass is 435 g/mol. The quantitative estimate of drug-likeness (QED) is 0.618. The number of halogens is 1. The predicted molar refractivity (Wildman–Crippen MR) is 101 cm³/mol. The molecule has 3 rings (SSSR count). The van der Waals surface area contributed by atoms with Crippen molar-refractivity contribution in [2.75, 3.05) is 5.32 Å². The van der Waals surface area contributed by atoms with E-state index in [1.807, 2.05) is 18.2 Å². The Labute approximate surface area is 150 Å². The number of anilines is 1. The minimum Gasteiger partial charge on any atom is -0.326 e. The first kappa shape index (κ1) is 16.4. The minimum atomic E-state index is -0.344. The maximum atomic E-state index is 12.4. The van der Waals surface area contributed by atoms with Crippen LogP contribution in [0.25, 0.3) is 10.8 Å². The third kappa shape index (κ3) is 3.56. The van der Waals surface area contributed by atoms with Gasteiger partial charge < -0.3 is 5.32 Å². The van der Waals surface area contributed by atoms with Crippen LogP contribution in [0.4, 0.5) is 5.69 Å². The largest absolute Gasteiger partial charge is 0.326 e. The second kappa shape index (κ2) is 7.00. The first-order valence-corrected chi connectivity index (χ1v) is 8.40. The molecule has 7 heteroatoms. The Hall–Kier alpha value is -2.42. The van der Waals surface area contributed by atoms with Gasteiger partial charge in [0.15, 0.2) is 0 Å². The van der Waals surface area contributed by atoms with Crippen molar-refractivity contribution in [2.45, 2.75) is 13.0 Å². The number of hydrogen-bond donors (Lipinski definition) is 2. The normalized spacial score (nSPS) is 10.7. The lowest BCUT2D eigenvalue weighted by Gasteiger charge is -2.08. The van der Waals surface area contributed by atoms with Crippen molar-refractivity contribution in [1.29, 1.82) is 0 Å².